The number of carbonyl (C=O) groups is 1. The van der Waals surface area contributed by atoms with E-state index >= 15 is 0 Å². The Balaban J connectivity index is 3.25. The molecule has 0 spiro atoms. The molecule has 0 aliphatic heterocycles. The van der Waals surface area contributed by atoms with E-state index in [9.17, 15) is 4.79 Å². The molecule has 0 fully saturated rings. The topological polar surface area (TPSA) is 70.8 Å². The van der Waals surface area contributed by atoms with Crippen molar-refractivity contribution in [3.63, 3.8) is 0 Å². The van der Waals surface area contributed by atoms with Crippen LogP contribution < -0.4 is 19.9 Å². The highest BCUT2D eigenvalue weighted by Crippen LogP contribution is 2.39. The first-order valence-electron chi connectivity index (χ1n) is 4.70. The van der Waals surface area contributed by atoms with Crippen LogP contribution in [-0.2, 0) is 11.2 Å². The van der Waals surface area contributed by atoms with E-state index in [1.807, 2.05) is 0 Å². The van der Waals surface area contributed by atoms with Crippen LogP contribution in [0.3, 0.4) is 0 Å². The van der Waals surface area contributed by atoms with Crippen LogP contribution in [0.25, 0.3) is 0 Å². The zero-order valence-electron chi connectivity index (χ0n) is 9.57. The monoisotopic (exact) mass is 225 g/mol. The largest absolute Gasteiger partial charge is 0.493 e. The maximum Gasteiger partial charge on any atom is 0.221 e. The number of primary amides is 1. The Labute approximate surface area is 94.1 Å². The van der Waals surface area contributed by atoms with Gasteiger partial charge in [-0.25, -0.2) is 0 Å². The SMILES string of the molecule is COc1ccc(CC(N)=O)c(OC)c1OC. The number of ether oxygens (including phenoxy) is 3. The molecular formula is C11H15NO4. The molecule has 2 N–H and O–H groups in total. The third kappa shape index (κ3) is 2.36. The van der Waals surface area contributed by atoms with Gasteiger partial charge >= 0.3 is 0 Å². The van der Waals surface area contributed by atoms with E-state index in [1.54, 1.807) is 12.1 Å². The summed E-state index contributed by atoms with van der Waals surface area (Å²) in [4.78, 5) is 10.9. The van der Waals surface area contributed by atoms with Gasteiger partial charge in [-0.15, -0.1) is 0 Å². The molecular weight excluding hydrogens is 210 g/mol. The Bertz CT molecular complexity index is 390. The van der Waals surface area contributed by atoms with Crippen molar-refractivity contribution in [2.75, 3.05) is 21.3 Å². The summed E-state index contributed by atoms with van der Waals surface area (Å²) in [5, 5.41) is 0. The van der Waals surface area contributed by atoms with Gasteiger partial charge in [0.2, 0.25) is 11.7 Å². The van der Waals surface area contributed by atoms with E-state index in [4.69, 9.17) is 19.9 Å². The zero-order chi connectivity index (χ0) is 12.1. The summed E-state index contributed by atoms with van der Waals surface area (Å²) in [6, 6.07) is 3.44. The lowest BCUT2D eigenvalue weighted by molar-refractivity contribution is -0.117. The molecule has 0 atom stereocenters. The third-order valence-corrected chi connectivity index (χ3v) is 2.15. The van der Waals surface area contributed by atoms with Gasteiger partial charge in [-0.2, -0.15) is 0 Å². The van der Waals surface area contributed by atoms with Crippen LogP contribution in [0.5, 0.6) is 17.2 Å². The van der Waals surface area contributed by atoms with Crippen molar-refractivity contribution in [2.45, 2.75) is 6.42 Å². The van der Waals surface area contributed by atoms with Crippen LogP contribution in [-0.4, -0.2) is 27.2 Å². The van der Waals surface area contributed by atoms with Crippen LogP contribution in [0.4, 0.5) is 0 Å². The number of carbonyl (C=O) groups excluding carboxylic acids is 1. The Kier molecular flexibility index (Phi) is 3.99. The van der Waals surface area contributed by atoms with Gasteiger partial charge in [-0.3, -0.25) is 4.79 Å². The molecule has 0 saturated carbocycles. The summed E-state index contributed by atoms with van der Waals surface area (Å²) in [5.41, 5.74) is 5.82. The van der Waals surface area contributed by atoms with Gasteiger partial charge in [0, 0.05) is 5.56 Å². The van der Waals surface area contributed by atoms with E-state index in [-0.39, 0.29) is 6.42 Å². The minimum Gasteiger partial charge on any atom is -0.493 e. The molecule has 1 aromatic carbocycles. The number of nitrogens with two attached hydrogens (primary N) is 1. The fourth-order valence-corrected chi connectivity index (χ4v) is 1.49. The molecule has 0 aromatic heterocycles. The van der Waals surface area contributed by atoms with E-state index in [1.165, 1.54) is 21.3 Å². The lowest BCUT2D eigenvalue weighted by Crippen LogP contribution is -2.14. The van der Waals surface area contributed by atoms with Gasteiger partial charge in [0.05, 0.1) is 27.8 Å². The second-order valence-electron chi connectivity index (χ2n) is 3.14. The summed E-state index contributed by atoms with van der Waals surface area (Å²) in [6.45, 7) is 0. The summed E-state index contributed by atoms with van der Waals surface area (Å²) in [5.74, 6) is 1.06. The minimum atomic E-state index is -0.425. The second-order valence-corrected chi connectivity index (χ2v) is 3.14. The molecule has 1 aromatic rings. The number of amides is 1. The highest BCUT2D eigenvalue weighted by atomic mass is 16.5. The molecule has 1 amide bonds. The van der Waals surface area contributed by atoms with E-state index in [0.29, 0.717) is 22.8 Å². The van der Waals surface area contributed by atoms with Crippen molar-refractivity contribution in [1.82, 2.24) is 0 Å². The quantitative estimate of drug-likeness (QED) is 0.802. The van der Waals surface area contributed by atoms with Gasteiger partial charge in [0.1, 0.15) is 0 Å². The number of benzene rings is 1. The van der Waals surface area contributed by atoms with Crippen molar-refractivity contribution in [1.29, 1.82) is 0 Å². The van der Waals surface area contributed by atoms with Crippen LogP contribution >= 0.6 is 0 Å². The average molecular weight is 225 g/mol. The van der Waals surface area contributed by atoms with Gasteiger partial charge in [0.25, 0.3) is 0 Å². The number of hydrogen-bond acceptors (Lipinski definition) is 4. The molecule has 88 valence electrons. The molecule has 0 aliphatic rings. The number of methoxy groups -OCH3 is 3. The third-order valence-electron chi connectivity index (χ3n) is 2.15. The molecule has 0 bridgehead atoms. The van der Waals surface area contributed by atoms with Crippen molar-refractivity contribution in [2.24, 2.45) is 5.73 Å². The maximum absolute atomic E-state index is 10.9. The van der Waals surface area contributed by atoms with Crippen molar-refractivity contribution in [3.8, 4) is 17.2 Å². The van der Waals surface area contributed by atoms with Crippen LogP contribution in [0.2, 0.25) is 0 Å². The molecule has 0 saturated heterocycles. The van der Waals surface area contributed by atoms with Crippen molar-refractivity contribution in [3.05, 3.63) is 17.7 Å². The van der Waals surface area contributed by atoms with Crippen LogP contribution in [0.15, 0.2) is 12.1 Å². The van der Waals surface area contributed by atoms with Crippen molar-refractivity contribution < 1.29 is 19.0 Å². The highest BCUT2D eigenvalue weighted by molar-refractivity contribution is 5.78. The highest BCUT2D eigenvalue weighted by Gasteiger charge is 2.16. The number of hydrogen-bond donors (Lipinski definition) is 1. The molecule has 0 unspecified atom stereocenters. The van der Waals surface area contributed by atoms with Gasteiger partial charge in [-0.1, -0.05) is 6.07 Å². The predicted molar refractivity (Wildman–Crippen MR) is 59.0 cm³/mol. The fourth-order valence-electron chi connectivity index (χ4n) is 1.49. The minimum absolute atomic E-state index is 0.101. The fraction of sp³-hybridized carbons (Fsp3) is 0.364. The van der Waals surface area contributed by atoms with E-state index < -0.39 is 5.91 Å². The standard InChI is InChI=1S/C11H15NO4/c1-14-8-5-4-7(6-9(12)13)10(15-2)11(8)16-3/h4-5H,6H2,1-3H3,(H2,12,13). The van der Waals surface area contributed by atoms with Gasteiger partial charge in [0.15, 0.2) is 11.5 Å². The van der Waals surface area contributed by atoms with Crippen LogP contribution in [0.1, 0.15) is 5.56 Å². The Morgan fingerprint density at radius 3 is 2.19 bits per heavy atom. The molecule has 5 nitrogen and oxygen atoms in total. The maximum atomic E-state index is 10.9. The molecule has 0 radical (unpaired) electrons. The summed E-state index contributed by atoms with van der Waals surface area (Å²) < 4.78 is 15.5. The van der Waals surface area contributed by atoms with Gasteiger partial charge in [-0.05, 0) is 6.07 Å². The van der Waals surface area contributed by atoms with E-state index in [0.717, 1.165) is 0 Å². The first kappa shape index (κ1) is 12.2. The van der Waals surface area contributed by atoms with E-state index in [2.05, 4.69) is 0 Å². The summed E-state index contributed by atoms with van der Waals surface area (Å²) >= 11 is 0. The van der Waals surface area contributed by atoms with Crippen molar-refractivity contribution >= 4 is 5.91 Å². The van der Waals surface area contributed by atoms with Crippen LogP contribution in [0, 0.1) is 0 Å². The first-order chi connectivity index (χ1) is 7.63. The molecule has 1 rings (SSSR count). The summed E-state index contributed by atoms with van der Waals surface area (Å²) in [7, 11) is 4.54. The lowest BCUT2D eigenvalue weighted by Gasteiger charge is -2.14. The zero-order valence-corrected chi connectivity index (χ0v) is 9.57. The predicted octanol–water partition coefficient (Wildman–Crippen LogP) is 0.740. The molecule has 0 aliphatic carbocycles. The molecule has 5 heteroatoms. The Morgan fingerprint density at radius 2 is 1.75 bits per heavy atom. The smallest absolute Gasteiger partial charge is 0.221 e. The molecule has 0 heterocycles. The Hall–Kier alpha value is -1.91. The number of rotatable bonds is 5. The van der Waals surface area contributed by atoms with Gasteiger partial charge < -0.3 is 19.9 Å². The first-order valence-corrected chi connectivity index (χ1v) is 4.70. The Morgan fingerprint density at radius 1 is 1.12 bits per heavy atom. The average Bonchev–Trinajstić information content (AvgIpc) is 2.27. The second kappa shape index (κ2) is 5.25. The normalized spacial score (nSPS) is 9.69. The molecule has 16 heavy (non-hydrogen) atoms. The lowest BCUT2D eigenvalue weighted by atomic mass is 10.1. The summed E-state index contributed by atoms with van der Waals surface area (Å²) in [6.07, 6.45) is 0.101.